The average Bonchev–Trinajstić information content (AvgIpc) is 3.22. The number of piperidine rings is 1. The Balaban J connectivity index is 1.64. The van der Waals surface area contributed by atoms with Crippen LogP contribution in [0.1, 0.15) is 68.7 Å². The van der Waals surface area contributed by atoms with Gasteiger partial charge in [0.2, 0.25) is 0 Å². The quantitative estimate of drug-likeness (QED) is 0.727. The first-order chi connectivity index (χ1) is 14.7. The molecule has 2 heterocycles. The Kier molecular flexibility index (Phi) is 7.05. The fourth-order valence-electron chi connectivity index (χ4n) is 3.76. The molecule has 1 unspecified atom stereocenters. The van der Waals surface area contributed by atoms with Gasteiger partial charge in [-0.25, -0.2) is 4.79 Å². The molecule has 0 spiro atoms. The zero-order valence-corrected chi connectivity index (χ0v) is 19.1. The minimum absolute atomic E-state index is 0.0455. The van der Waals surface area contributed by atoms with E-state index in [0.717, 1.165) is 24.1 Å². The van der Waals surface area contributed by atoms with Gasteiger partial charge in [0.05, 0.1) is 6.10 Å². The molecule has 1 aliphatic heterocycles. The van der Waals surface area contributed by atoms with Crippen LogP contribution in [-0.4, -0.2) is 47.3 Å². The Morgan fingerprint density at radius 1 is 1.13 bits per heavy atom. The summed E-state index contributed by atoms with van der Waals surface area (Å²) in [6.45, 7) is 8.79. The Bertz CT molecular complexity index is 908. The average molecular weight is 428 g/mol. The number of nitrogens with zero attached hydrogens (tertiary/aromatic N) is 2. The van der Waals surface area contributed by atoms with Crippen LogP contribution in [0.3, 0.4) is 0 Å². The summed E-state index contributed by atoms with van der Waals surface area (Å²) in [6.07, 6.45) is 3.16. The smallest absolute Gasteiger partial charge is 0.410 e. The van der Waals surface area contributed by atoms with Crippen molar-refractivity contribution in [3.8, 4) is 0 Å². The molecular weight excluding hydrogens is 394 g/mol. The van der Waals surface area contributed by atoms with Gasteiger partial charge in [0.1, 0.15) is 11.3 Å². The van der Waals surface area contributed by atoms with E-state index in [-0.39, 0.29) is 24.1 Å². The van der Waals surface area contributed by atoms with Crippen molar-refractivity contribution in [2.24, 2.45) is 0 Å². The summed E-state index contributed by atoms with van der Waals surface area (Å²) < 4.78 is 12.9. The van der Waals surface area contributed by atoms with Crippen LogP contribution in [0.4, 0.5) is 10.5 Å². The van der Waals surface area contributed by atoms with Gasteiger partial charge in [-0.15, -0.1) is 0 Å². The van der Waals surface area contributed by atoms with Crippen LogP contribution in [0.5, 0.6) is 0 Å². The zero-order chi connectivity index (χ0) is 22.6. The molecule has 1 fully saturated rings. The van der Waals surface area contributed by atoms with Gasteiger partial charge < -0.3 is 24.3 Å². The van der Waals surface area contributed by atoms with Crippen LogP contribution >= 0.6 is 0 Å². The number of amides is 2. The number of benzene rings is 1. The maximum Gasteiger partial charge on any atom is 0.410 e. The lowest BCUT2D eigenvalue weighted by Gasteiger charge is -2.34. The van der Waals surface area contributed by atoms with Crippen molar-refractivity contribution in [3.05, 3.63) is 53.9 Å². The Morgan fingerprint density at radius 2 is 1.84 bits per heavy atom. The highest BCUT2D eigenvalue weighted by molar-refractivity contribution is 6.03. The third kappa shape index (κ3) is 5.88. The predicted molar refractivity (Wildman–Crippen MR) is 120 cm³/mol. The minimum Gasteiger partial charge on any atom is -0.444 e. The van der Waals surface area contributed by atoms with Crippen molar-refractivity contribution in [1.29, 1.82) is 0 Å². The van der Waals surface area contributed by atoms with E-state index in [1.54, 1.807) is 12.0 Å². The second-order valence-corrected chi connectivity index (χ2v) is 8.96. The minimum atomic E-state index is -0.502. The van der Waals surface area contributed by atoms with Crippen molar-refractivity contribution in [2.75, 3.05) is 25.5 Å². The maximum absolute atomic E-state index is 13.0. The van der Waals surface area contributed by atoms with E-state index in [1.165, 1.54) is 0 Å². The number of rotatable bonds is 5. The van der Waals surface area contributed by atoms with Crippen LogP contribution in [0.2, 0.25) is 0 Å². The second kappa shape index (κ2) is 9.56. The summed E-state index contributed by atoms with van der Waals surface area (Å²) in [7, 11) is 1.66. The topological polar surface area (TPSA) is 72.8 Å². The fraction of sp³-hybridized carbons (Fsp3) is 0.500. The predicted octanol–water partition coefficient (Wildman–Crippen LogP) is 5.02. The molecule has 1 aromatic carbocycles. The number of ether oxygens (including phenoxy) is 2. The molecular formula is C24H33N3O4. The van der Waals surface area contributed by atoms with Gasteiger partial charge in [0, 0.05) is 38.1 Å². The van der Waals surface area contributed by atoms with E-state index in [0.29, 0.717) is 18.8 Å². The van der Waals surface area contributed by atoms with Crippen molar-refractivity contribution in [3.63, 3.8) is 0 Å². The molecule has 168 valence electrons. The van der Waals surface area contributed by atoms with Crippen molar-refractivity contribution in [1.82, 2.24) is 9.47 Å². The molecule has 7 nitrogen and oxygen atoms in total. The van der Waals surface area contributed by atoms with Crippen LogP contribution in [0.25, 0.3) is 0 Å². The lowest BCUT2D eigenvalue weighted by molar-refractivity contribution is 0.0187. The van der Waals surface area contributed by atoms with E-state index < -0.39 is 5.60 Å². The van der Waals surface area contributed by atoms with Gasteiger partial charge in [-0.2, -0.15) is 0 Å². The third-order valence-electron chi connectivity index (χ3n) is 5.49. The molecule has 1 atom stereocenters. The molecule has 0 saturated carbocycles. The second-order valence-electron chi connectivity index (χ2n) is 8.96. The first-order valence-corrected chi connectivity index (χ1v) is 10.8. The van der Waals surface area contributed by atoms with E-state index >= 15 is 0 Å². The van der Waals surface area contributed by atoms with Crippen molar-refractivity contribution in [2.45, 2.75) is 58.3 Å². The normalized spacial score (nSPS) is 16.1. The van der Waals surface area contributed by atoms with Gasteiger partial charge in [-0.1, -0.05) is 12.1 Å². The summed E-state index contributed by atoms with van der Waals surface area (Å²) in [5.41, 5.74) is 1.85. The van der Waals surface area contributed by atoms with E-state index in [4.69, 9.17) is 9.47 Å². The summed E-state index contributed by atoms with van der Waals surface area (Å²) in [4.78, 5) is 27.0. The number of anilines is 1. The molecule has 0 bridgehead atoms. The molecule has 0 aliphatic carbocycles. The zero-order valence-electron chi connectivity index (χ0n) is 19.1. The SMILES string of the molecule is COC(C)c1cccc(NC(=O)c2cccn2C2CCN(C(=O)OC(C)(C)C)CC2)c1. The van der Waals surface area contributed by atoms with Gasteiger partial charge in [-0.05, 0) is 70.4 Å². The number of carbonyl (C=O) groups excluding carboxylic acids is 2. The third-order valence-corrected chi connectivity index (χ3v) is 5.49. The number of hydrogen-bond donors (Lipinski definition) is 1. The Hall–Kier alpha value is -2.80. The number of likely N-dealkylation sites (tertiary alicyclic amines) is 1. The summed E-state index contributed by atoms with van der Waals surface area (Å²) in [5, 5.41) is 3.00. The fourth-order valence-corrected chi connectivity index (χ4v) is 3.76. The highest BCUT2D eigenvalue weighted by Crippen LogP contribution is 2.26. The molecule has 1 N–H and O–H groups in total. The van der Waals surface area contributed by atoms with Gasteiger partial charge in [0.25, 0.3) is 5.91 Å². The Labute approximate surface area is 184 Å². The Morgan fingerprint density at radius 3 is 2.48 bits per heavy atom. The van der Waals surface area contributed by atoms with Crippen LogP contribution in [0, 0.1) is 0 Å². The molecule has 7 heteroatoms. The first-order valence-electron chi connectivity index (χ1n) is 10.8. The van der Waals surface area contributed by atoms with Gasteiger partial charge in [-0.3, -0.25) is 4.79 Å². The maximum atomic E-state index is 13.0. The van der Waals surface area contributed by atoms with Crippen molar-refractivity contribution < 1.29 is 19.1 Å². The largest absolute Gasteiger partial charge is 0.444 e. The van der Waals surface area contributed by atoms with Gasteiger partial charge >= 0.3 is 6.09 Å². The highest BCUT2D eigenvalue weighted by Gasteiger charge is 2.28. The van der Waals surface area contributed by atoms with E-state index in [2.05, 4.69) is 5.32 Å². The van der Waals surface area contributed by atoms with Crippen LogP contribution < -0.4 is 5.32 Å². The molecule has 1 saturated heterocycles. The lowest BCUT2D eigenvalue weighted by atomic mass is 10.0. The molecule has 2 aromatic rings. The molecule has 1 aromatic heterocycles. The number of methoxy groups -OCH3 is 1. The van der Waals surface area contributed by atoms with Gasteiger partial charge in [0.15, 0.2) is 0 Å². The summed E-state index contributed by atoms with van der Waals surface area (Å²) in [5.74, 6) is -0.151. The number of aromatic nitrogens is 1. The summed E-state index contributed by atoms with van der Waals surface area (Å²) >= 11 is 0. The summed E-state index contributed by atoms with van der Waals surface area (Å²) in [6, 6.07) is 11.6. The molecule has 2 amide bonds. The first kappa shape index (κ1) is 22.9. The van der Waals surface area contributed by atoms with Crippen molar-refractivity contribution >= 4 is 17.7 Å². The van der Waals surface area contributed by atoms with Crippen LogP contribution in [0.15, 0.2) is 42.6 Å². The molecule has 0 radical (unpaired) electrons. The lowest BCUT2D eigenvalue weighted by Crippen LogP contribution is -2.42. The highest BCUT2D eigenvalue weighted by atomic mass is 16.6. The number of nitrogens with one attached hydrogen (secondary N) is 1. The van der Waals surface area contributed by atoms with E-state index in [1.807, 2.05) is 74.9 Å². The molecule has 1 aliphatic rings. The molecule has 31 heavy (non-hydrogen) atoms. The number of carbonyl (C=O) groups is 2. The standard InChI is InChI=1S/C24H33N3O4/c1-17(30-5)18-8-6-9-19(16-18)25-22(28)21-10-7-13-27(21)20-11-14-26(15-12-20)23(29)31-24(2,3)4/h6-10,13,16-17,20H,11-12,14-15H2,1-5H3,(H,25,28). The van der Waals surface area contributed by atoms with Crippen LogP contribution in [-0.2, 0) is 9.47 Å². The van der Waals surface area contributed by atoms with E-state index in [9.17, 15) is 9.59 Å². The number of hydrogen-bond acceptors (Lipinski definition) is 4. The monoisotopic (exact) mass is 427 g/mol. The molecule has 3 rings (SSSR count).